The van der Waals surface area contributed by atoms with Crippen LogP contribution in [0, 0.1) is 6.57 Å². The number of hydrogen-bond acceptors (Lipinski definition) is 3. The van der Waals surface area contributed by atoms with E-state index >= 15 is 0 Å². The largest absolute Gasteiger partial charge is 0.457 e. The maximum atomic E-state index is 7.44. The van der Waals surface area contributed by atoms with Gasteiger partial charge in [0.1, 0.15) is 17.3 Å². The molecule has 39 heavy (non-hydrogen) atoms. The number of aromatic nitrogens is 4. The fourth-order valence-corrected chi connectivity index (χ4v) is 5.57. The van der Waals surface area contributed by atoms with Crippen LogP contribution in [0.25, 0.3) is 43.9 Å². The lowest BCUT2D eigenvalue weighted by molar-refractivity contribution is 0.483. The highest BCUT2D eigenvalue weighted by atomic mass is 16.5. The monoisotopic (exact) mass is 509 g/mol. The van der Waals surface area contributed by atoms with E-state index in [9.17, 15) is 0 Å². The Bertz CT molecular complexity index is 1950. The lowest BCUT2D eigenvalue weighted by atomic mass is 9.88. The first-order valence-electron chi connectivity index (χ1n) is 13.1. The van der Waals surface area contributed by atoms with Gasteiger partial charge in [0, 0.05) is 35.0 Å². The second-order valence-corrected chi connectivity index (χ2v) is 11.1. The SMILES string of the molecule is [C-]#[N+]c1cnc2n1CCc1ccc(Oc3ccc4c5ccccc5n(-c5cc(C(C)(C)C)ccn5)c4c3)cc1-2. The molecule has 7 rings (SSSR count). The summed E-state index contributed by atoms with van der Waals surface area (Å²) in [5.74, 6) is 3.78. The van der Waals surface area contributed by atoms with Gasteiger partial charge in [-0.25, -0.2) is 9.97 Å². The number of pyridine rings is 1. The zero-order valence-corrected chi connectivity index (χ0v) is 22.1. The van der Waals surface area contributed by atoms with Gasteiger partial charge in [0.05, 0.1) is 23.8 Å². The van der Waals surface area contributed by atoms with Crippen LogP contribution in [0.5, 0.6) is 11.5 Å². The highest BCUT2D eigenvalue weighted by Crippen LogP contribution is 2.38. The maximum absolute atomic E-state index is 7.44. The normalized spacial score (nSPS) is 12.8. The van der Waals surface area contributed by atoms with E-state index in [0.29, 0.717) is 5.82 Å². The molecule has 6 nitrogen and oxygen atoms in total. The summed E-state index contributed by atoms with van der Waals surface area (Å²) in [4.78, 5) is 12.9. The van der Waals surface area contributed by atoms with Gasteiger partial charge in [0.25, 0.3) is 0 Å². The molecule has 0 bridgehead atoms. The maximum Gasteiger partial charge on any atom is 0.250 e. The fourth-order valence-electron chi connectivity index (χ4n) is 5.57. The second-order valence-electron chi connectivity index (χ2n) is 11.1. The van der Waals surface area contributed by atoms with Gasteiger partial charge in [-0.3, -0.25) is 9.13 Å². The first-order valence-corrected chi connectivity index (χ1v) is 13.1. The Labute approximate surface area is 227 Å². The highest BCUT2D eigenvalue weighted by molar-refractivity contribution is 6.09. The number of fused-ring (bicyclic) bond motifs is 6. The minimum absolute atomic E-state index is 0.0153. The molecule has 6 aromatic rings. The molecule has 1 aliphatic rings. The molecule has 4 heterocycles. The zero-order chi connectivity index (χ0) is 26.7. The van der Waals surface area contributed by atoms with Gasteiger partial charge in [0.15, 0.2) is 0 Å². The van der Waals surface area contributed by atoms with Crippen LogP contribution in [0.4, 0.5) is 5.82 Å². The van der Waals surface area contributed by atoms with E-state index in [0.717, 1.165) is 58.1 Å². The molecule has 0 saturated heterocycles. The van der Waals surface area contributed by atoms with E-state index in [4.69, 9.17) is 16.3 Å². The topological polar surface area (TPSA) is 49.2 Å². The van der Waals surface area contributed by atoms with Crippen molar-refractivity contribution in [3.8, 4) is 28.7 Å². The molecule has 0 unspecified atom stereocenters. The molecule has 1 aliphatic heterocycles. The number of ether oxygens (including phenoxy) is 1. The Morgan fingerprint density at radius 2 is 1.67 bits per heavy atom. The molecule has 190 valence electrons. The predicted molar refractivity (Wildman–Crippen MR) is 155 cm³/mol. The van der Waals surface area contributed by atoms with E-state index in [1.54, 1.807) is 6.20 Å². The molecule has 0 atom stereocenters. The molecule has 3 aromatic carbocycles. The molecular weight excluding hydrogens is 482 g/mol. The minimum atomic E-state index is 0.0153. The van der Waals surface area contributed by atoms with Crippen LogP contribution in [-0.4, -0.2) is 19.1 Å². The average molecular weight is 510 g/mol. The summed E-state index contributed by atoms with van der Waals surface area (Å²) in [7, 11) is 0. The van der Waals surface area contributed by atoms with Gasteiger partial charge >= 0.3 is 0 Å². The van der Waals surface area contributed by atoms with Crippen LogP contribution >= 0.6 is 0 Å². The third-order valence-electron chi connectivity index (χ3n) is 7.60. The molecule has 6 heteroatoms. The standard InChI is InChI=1S/C33H27N5O/c1-33(2,3)22-13-15-35-30(17-22)38-28-8-6-5-7-25(28)26-12-11-24(19-29(26)38)39-23-10-9-21-14-16-37-31(34-4)20-36-32(37)27(21)18-23/h5-13,15,17-20H,14,16H2,1-3H3. The molecule has 0 saturated carbocycles. The molecule has 3 aromatic heterocycles. The first-order chi connectivity index (χ1) is 18.9. The quantitative estimate of drug-likeness (QED) is 0.226. The van der Waals surface area contributed by atoms with Crippen LogP contribution in [0.2, 0.25) is 0 Å². The first kappa shape index (κ1) is 23.2. The molecule has 0 spiro atoms. The summed E-state index contributed by atoms with van der Waals surface area (Å²) in [6.45, 7) is 14.9. The van der Waals surface area contributed by atoms with Gasteiger partial charge in [-0.15, -0.1) is 0 Å². The lowest BCUT2D eigenvalue weighted by Gasteiger charge is -2.20. The van der Waals surface area contributed by atoms with Gasteiger partial charge < -0.3 is 9.58 Å². The number of hydrogen-bond donors (Lipinski definition) is 0. The van der Waals surface area contributed by atoms with E-state index in [1.807, 2.05) is 29.0 Å². The summed E-state index contributed by atoms with van der Waals surface area (Å²) in [5.41, 5.74) is 5.65. The van der Waals surface area contributed by atoms with Crippen LogP contribution in [-0.2, 0) is 18.4 Å². The average Bonchev–Trinajstić information content (AvgIpc) is 3.51. The Balaban J connectivity index is 1.34. The Hall–Kier alpha value is -4.89. The smallest absolute Gasteiger partial charge is 0.250 e. The zero-order valence-electron chi connectivity index (χ0n) is 22.1. The number of imidazole rings is 1. The summed E-state index contributed by atoms with van der Waals surface area (Å²) in [6.07, 6.45) is 4.42. The van der Waals surface area contributed by atoms with Crippen molar-refractivity contribution in [3.05, 3.63) is 108 Å². The molecule has 0 aliphatic carbocycles. The van der Waals surface area contributed by atoms with E-state index in [1.165, 1.54) is 16.5 Å². The van der Waals surface area contributed by atoms with Gasteiger partial charge in [-0.1, -0.05) is 51.6 Å². The lowest BCUT2D eigenvalue weighted by Crippen LogP contribution is -2.12. The van der Waals surface area contributed by atoms with E-state index in [-0.39, 0.29) is 5.41 Å². The predicted octanol–water partition coefficient (Wildman–Crippen LogP) is 8.24. The number of nitrogens with zero attached hydrogens (tertiary/aromatic N) is 5. The van der Waals surface area contributed by atoms with Crippen molar-refractivity contribution < 1.29 is 4.74 Å². The van der Waals surface area contributed by atoms with Crippen LogP contribution in [0.3, 0.4) is 0 Å². The van der Waals surface area contributed by atoms with Gasteiger partial charge in [-0.2, -0.15) is 0 Å². The van der Waals surface area contributed by atoms with Crippen molar-refractivity contribution in [1.82, 2.24) is 19.1 Å². The summed E-state index contributed by atoms with van der Waals surface area (Å²) < 4.78 is 10.6. The van der Waals surface area contributed by atoms with Crippen molar-refractivity contribution in [3.63, 3.8) is 0 Å². The second kappa shape index (κ2) is 8.57. The van der Waals surface area contributed by atoms with Crippen molar-refractivity contribution in [2.75, 3.05) is 0 Å². The third-order valence-corrected chi connectivity index (χ3v) is 7.60. The van der Waals surface area contributed by atoms with Crippen LogP contribution in [0.1, 0.15) is 31.9 Å². The summed E-state index contributed by atoms with van der Waals surface area (Å²) in [6, 6.07) is 25.1. The molecule has 0 amide bonds. The third kappa shape index (κ3) is 3.78. The number of rotatable bonds is 3. The summed E-state index contributed by atoms with van der Waals surface area (Å²) >= 11 is 0. The number of aryl methyl sites for hydroxylation is 1. The molecular formula is C33H27N5O. The van der Waals surface area contributed by atoms with Crippen molar-refractivity contribution in [1.29, 1.82) is 0 Å². The number of benzene rings is 3. The molecule has 0 radical (unpaired) electrons. The van der Waals surface area contributed by atoms with Crippen LogP contribution in [0.15, 0.2) is 85.2 Å². The Morgan fingerprint density at radius 1 is 0.872 bits per heavy atom. The van der Waals surface area contributed by atoms with Gasteiger partial charge in [0.2, 0.25) is 11.6 Å². The van der Waals surface area contributed by atoms with E-state index < -0.39 is 0 Å². The van der Waals surface area contributed by atoms with Crippen molar-refractivity contribution in [2.45, 2.75) is 39.2 Å². The van der Waals surface area contributed by atoms with Gasteiger partial charge in [-0.05, 0) is 59.0 Å². The highest BCUT2D eigenvalue weighted by Gasteiger charge is 2.23. The minimum Gasteiger partial charge on any atom is -0.457 e. The van der Waals surface area contributed by atoms with Crippen molar-refractivity contribution >= 4 is 27.6 Å². The van der Waals surface area contributed by atoms with E-state index in [2.05, 4.69) is 89.8 Å². The molecule has 0 fully saturated rings. The Kier molecular flexibility index (Phi) is 5.11. The Morgan fingerprint density at radius 3 is 2.51 bits per heavy atom. The molecule has 0 N–H and O–H groups in total. The summed E-state index contributed by atoms with van der Waals surface area (Å²) in [5, 5.41) is 2.33. The van der Waals surface area contributed by atoms with Crippen LogP contribution < -0.4 is 4.74 Å². The fraction of sp³-hybridized carbons (Fsp3) is 0.182. The van der Waals surface area contributed by atoms with Crippen molar-refractivity contribution in [2.24, 2.45) is 0 Å². The number of para-hydroxylation sites is 1.